The van der Waals surface area contributed by atoms with E-state index in [1.165, 1.54) is 22.3 Å². The molecule has 0 saturated carbocycles. The molecule has 3 aromatic rings. The number of methoxy groups -OCH3 is 2. The first kappa shape index (κ1) is 21.9. The van der Waals surface area contributed by atoms with Crippen molar-refractivity contribution < 1.29 is 14.3 Å². The Labute approximate surface area is 190 Å². The molecule has 1 atom stereocenters. The molecule has 1 heterocycles. The normalized spacial score (nSPS) is 14.0. The van der Waals surface area contributed by atoms with Crippen molar-refractivity contribution in [2.24, 2.45) is 0 Å². The molecule has 0 aromatic heterocycles. The van der Waals surface area contributed by atoms with Gasteiger partial charge in [-0.1, -0.05) is 54.6 Å². The standard InChI is InChI=1S/C27H30N2O3/c1-19(27(30)28-15-14-20-12-13-25(31-2)26(16-20)32-3)29-17-21-8-4-6-10-23(21)24-11-7-5-9-22(24)18-29/h4-13,16,19H,14-15,17-18H2,1-3H3,(H,28,30). The van der Waals surface area contributed by atoms with Crippen LogP contribution in [0.4, 0.5) is 0 Å². The predicted molar refractivity (Wildman–Crippen MR) is 127 cm³/mol. The van der Waals surface area contributed by atoms with Gasteiger partial charge in [-0.15, -0.1) is 0 Å². The zero-order chi connectivity index (χ0) is 22.5. The van der Waals surface area contributed by atoms with Crippen LogP contribution in [0.1, 0.15) is 23.6 Å². The van der Waals surface area contributed by atoms with Gasteiger partial charge in [0.25, 0.3) is 0 Å². The molecule has 3 aromatic carbocycles. The SMILES string of the molecule is COc1ccc(CCNC(=O)C(C)N2Cc3ccccc3-c3ccccc3C2)cc1OC. The first-order valence-corrected chi connectivity index (χ1v) is 11.0. The maximum absolute atomic E-state index is 13.0. The van der Waals surface area contributed by atoms with Gasteiger partial charge in [0, 0.05) is 19.6 Å². The Morgan fingerprint density at radius 3 is 2.09 bits per heavy atom. The zero-order valence-corrected chi connectivity index (χ0v) is 18.9. The van der Waals surface area contributed by atoms with E-state index < -0.39 is 0 Å². The minimum atomic E-state index is -0.236. The third-order valence-corrected chi connectivity index (χ3v) is 6.16. The monoisotopic (exact) mass is 430 g/mol. The molecular weight excluding hydrogens is 400 g/mol. The number of ether oxygens (including phenoxy) is 2. The summed E-state index contributed by atoms with van der Waals surface area (Å²) in [4.78, 5) is 15.2. The highest BCUT2D eigenvalue weighted by molar-refractivity contribution is 5.81. The molecule has 1 amide bonds. The van der Waals surface area contributed by atoms with Crippen LogP contribution in [-0.2, 0) is 24.3 Å². The lowest BCUT2D eigenvalue weighted by Gasteiger charge is -2.27. The van der Waals surface area contributed by atoms with Crippen LogP contribution in [0.5, 0.6) is 11.5 Å². The molecule has 1 unspecified atom stereocenters. The Morgan fingerprint density at radius 1 is 0.906 bits per heavy atom. The van der Waals surface area contributed by atoms with Gasteiger partial charge in [0.05, 0.1) is 20.3 Å². The number of carbonyl (C=O) groups excluding carboxylic acids is 1. The lowest BCUT2D eigenvalue weighted by atomic mass is 9.97. The predicted octanol–water partition coefficient (Wildman–Crippen LogP) is 4.43. The second-order valence-corrected chi connectivity index (χ2v) is 8.13. The molecule has 166 valence electrons. The number of hydrogen-bond acceptors (Lipinski definition) is 4. The third-order valence-electron chi connectivity index (χ3n) is 6.16. The van der Waals surface area contributed by atoms with Crippen molar-refractivity contribution >= 4 is 5.91 Å². The smallest absolute Gasteiger partial charge is 0.237 e. The van der Waals surface area contributed by atoms with Gasteiger partial charge in [0.15, 0.2) is 11.5 Å². The van der Waals surface area contributed by atoms with Gasteiger partial charge in [-0.05, 0) is 53.3 Å². The Morgan fingerprint density at radius 2 is 1.50 bits per heavy atom. The number of fused-ring (bicyclic) bond motifs is 3. The van der Waals surface area contributed by atoms with Crippen LogP contribution in [-0.4, -0.2) is 37.6 Å². The highest BCUT2D eigenvalue weighted by atomic mass is 16.5. The Kier molecular flexibility index (Phi) is 6.76. The fourth-order valence-corrected chi connectivity index (χ4v) is 4.29. The molecular formula is C27H30N2O3. The molecule has 1 aliphatic heterocycles. The van der Waals surface area contributed by atoms with Crippen LogP contribution in [0.2, 0.25) is 0 Å². The van der Waals surface area contributed by atoms with Gasteiger partial charge < -0.3 is 14.8 Å². The van der Waals surface area contributed by atoms with Crippen LogP contribution in [0.3, 0.4) is 0 Å². The van der Waals surface area contributed by atoms with Gasteiger partial charge in [-0.2, -0.15) is 0 Å². The molecule has 32 heavy (non-hydrogen) atoms. The van der Waals surface area contributed by atoms with E-state index in [0.717, 1.165) is 25.1 Å². The summed E-state index contributed by atoms with van der Waals surface area (Å²) in [5, 5.41) is 3.11. The number of hydrogen-bond donors (Lipinski definition) is 1. The van der Waals surface area contributed by atoms with Crippen LogP contribution in [0.25, 0.3) is 11.1 Å². The maximum atomic E-state index is 13.0. The van der Waals surface area contributed by atoms with Crippen LogP contribution < -0.4 is 14.8 Å². The lowest BCUT2D eigenvalue weighted by molar-refractivity contribution is -0.126. The molecule has 1 aliphatic rings. The van der Waals surface area contributed by atoms with E-state index in [1.807, 2.05) is 25.1 Å². The largest absolute Gasteiger partial charge is 0.493 e. The molecule has 1 N–H and O–H groups in total. The minimum Gasteiger partial charge on any atom is -0.493 e. The van der Waals surface area contributed by atoms with Crippen molar-refractivity contribution in [3.05, 3.63) is 83.4 Å². The summed E-state index contributed by atoms with van der Waals surface area (Å²) < 4.78 is 10.7. The fraction of sp³-hybridized carbons (Fsp3) is 0.296. The minimum absolute atomic E-state index is 0.0438. The summed E-state index contributed by atoms with van der Waals surface area (Å²) in [6, 6.07) is 22.6. The van der Waals surface area contributed by atoms with Crippen molar-refractivity contribution in [1.29, 1.82) is 0 Å². The van der Waals surface area contributed by atoms with Gasteiger partial charge in [-0.25, -0.2) is 0 Å². The molecule has 4 rings (SSSR count). The summed E-state index contributed by atoms with van der Waals surface area (Å²) in [6.45, 7) is 4.05. The van der Waals surface area contributed by atoms with Gasteiger partial charge in [0.2, 0.25) is 5.91 Å². The van der Waals surface area contributed by atoms with E-state index in [9.17, 15) is 4.79 Å². The van der Waals surface area contributed by atoms with E-state index in [4.69, 9.17) is 9.47 Å². The number of benzene rings is 3. The molecule has 0 bridgehead atoms. The fourth-order valence-electron chi connectivity index (χ4n) is 4.29. The summed E-state index contributed by atoms with van der Waals surface area (Å²) in [5.41, 5.74) is 6.11. The van der Waals surface area contributed by atoms with Gasteiger partial charge in [-0.3, -0.25) is 9.69 Å². The number of rotatable bonds is 7. The molecule has 0 saturated heterocycles. The molecule has 0 spiro atoms. The summed E-state index contributed by atoms with van der Waals surface area (Å²) in [5.74, 6) is 1.45. The summed E-state index contributed by atoms with van der Waals surface area (Å²) in [6.07, 6.45) is 0.727. The number of carbonyl (C=O) groups is 1. The maximum Gasteiger partial charge on any atom is 0.237 e. The van der Waals surface area contributed by atoms with Gasteiger partial charge >= 0.3 is 0 Å². The van der Waals surface area contributed by atoms with Crippen LogP contribution in [0, 0.1) is 0 Å². The number of amides is 1. The topological polar surface area (TPSA) is 50.8 Å². The molecule has 0 fully saturated rings. The first-order valence-electron chi connectivity index (χ1n) is 11.0. The lowest BCUT2D eigenvalue weighted by Crippen LogP contribution is -2.44. The van der Waals surface area contributed by atoms with E-state index >= 15 is 0 Å². The Balaban J connectivity index is 1.42. The Bertz CT molecular complexity index is 1050. The van der Waals surface area contributed by atoms with Crippen molar-refractivity contribution in [3.8, 4) is 22.6 Å². The van der Waals surface area contributed by atoms with E-state index in [1.54, 1.807) is 14.2 Å². The second kappa shape index (κ2) is 9.88. The molecule has 5 heteroatoms. The molecule has 0 aliphatic carbocycles. The molecule has 0 radical (unpaired) electrons. The quantitative estimate of drug-likeness (QED) is 0.602. The van der Waals surface area contributed by atoms with Crippen molar-refractivity contribution in [2.45, 2.75) is 32.5 Å². The zero-order valence-electron chi connectivity index (χ0n) is 18.9. The Hall–Kier alpha value is -3.31. The molecule has 5 nitrogen and oxygen atoms in total. The second-order valence-electron chi connectivity index (χ2n) is 8.13. The summed E-state index contributed by atoms with van der Waals surface area (Å²) in [7, 11) is 3.25. The van der Waals surface area contributed by atoms with E-state index in [-0.39, 0.29) is 11.9 Å². The first-order chi connectivity index (χ1) is 15.6. The van der Waals surface area contributed by atoms with Gasteiger partial charge in [0.1, 0.15) is 0 Å². The van der Waals surface area contributed by atoms with E-state index in [2.05, 4.69) is 58.7 Å². The number of nitrogens with zero attached hydrogens (tertiary/aromatic N) is 1. The highest BCUT2D eigenvalue weighted by Gasteiger charge is 2.26. The van der Waals surface area contributed by atoms with Crippen LogP contribution in [0.15, 0.2) is 66.7 Å². The average Bonchev–Trinajstić information content (AvgIpc) is 3.00. The van der Waals surface area contributed by atoms with E-state index in [0.29, 0.717) is 18.0 Å². The van der Waals surface area contributed by atoms with Crippen molar-refractivity contribution in [1.82, 2.24) is 10.2 Å². The van der Waals surface area contributed by atoms with Crippen molar-refractivity contribution in [2.75, 3.05) is 20.8 Å². The third kappa shape index (κ3) is 4.63. The van der Waals surface area contributed by atoms with Crippen LogP contribution >= 0.6 is 0 Å². The highest BCUT2D eigenvalue weighted by Crippen LogP contribution is 2.33. The van der Waals surface area contributed by atoms with Crippen molar-refractivity contribution in [3.63, 3.8) is 0 Å². The number of nitrogens with one attached hydrogen (secondary N) is 1. The summed E-state index contributed by atoms with van der Waals surface area (Å²) >= 11 is 0. The average molecular weight is 431 g/mol.